The molecule has 1 heterocycles. The maximum absolute atomic E-state index is 12.2. The monoisotopic (exact) mass is 309 g/mol. The summed E-state index contributed by atoms with van der Waals surface area (Å²) in [4.78, 5) is 14.6. The Morgan fingerprint density at radius 3 is 2.52 bits per heavy atom. The molecule has 3 rings (SSSR count). The molecule has 1 fully saturated rings. The molecule has 23 heavy (non-hydrogen) atoms. The van der Waals surface area contributed by atoms with Crippen LogP contribution in [0.5, 0.6) is 0 Å². The first kappa shape index (κ1) is 15.7. The Hall–Kier alpha value is -2.17. The van der Waals surface area contributed by atoms with E-state index in [1.807, 2.05) is 36.4 Å². The molecule has 1 saturated heterocycles. The standard InChI is InChI=1S/C19H23N3O/c23-19(21-17-9-5-2-6-10-17)13-18-15-22(12-11-20-18)14-16-7-3-1-4-8-16/h1-10,18,20H,11-15H2,(H,21,23). The summed E-state index contributed by atoms with van der Waals surface area (Å²) < 4.78 is 0. The summed E-state index contributed by atoms with van der Waals surface area (Å²) in [6, 6.07) is 20.3. The van der Waals surface area contributed by atoms with Crippen LogP contribution in [-0.4, -0.2) is 36.5 Å². The highest BCUT2D eigenvalue weighted by molar-refractivity contribution is 5.91. The van der Waals surface area contributed by atoms with Gasteiger partial charge in [-0.1, -0.05) is 48.5 Å². The number of nitrogens with one attached hydrogen (secondary N) is 2. The lowest BCUT2D eigenvalue weighted by atomic mass is 10.1. The van der Waals surface area contributed by atoms with Crippen molar-refractivity contribution in [2.75, 3.05) is 25.0 Å². The van der Waals surface area contributed by atoms with E-state index in [-0.39, 0.29) is 11.9 Å². The van der Waals surface area contributed by atoms with Gasteiger partial charge in [0, 0.05) is 44.3 Å². The molecule has 0 aliphatic carbocycles. The van der Waals surface area contributed by atoms with Crippen LogP contribution in [0.4, 0.5) is 5.69 Å². The fourth-order valence-corrected chi connectivity index (χ4v) is 2.97. The number of benzene rings is 2. The third kappa shape index (κ3) is 4.91. The number of anilines is 1. The van der Waals surface area contributed by atoms with Crippen molar-refractivity contribution in [1.29, 1.82) is 0 Å². The minimum absolute atomic E-state index is 0.0651. The van der Waals surface area contributed by atoms with E-state index >= 15 is 0 Å². The summed E-state index contributed by atoms with van der Waals surface area (Å²) in [5.41, 5.74) is 2.18. The van der Waals surface area contributed by atoms with Gasteiger partial charge in [-0.25, -0.2) is 0 Å². The zero-order valence-corrected chi connectivity index (χ0v) is 13.2. The predicted molar refractivity (Wildman–Crippen MR) is 93.2 cm³/mol. The van der Waals surface area contributed by atoms with Crippen LogP contribution in [0, 0.1) is 0 Å². The predicted octanol–water partition coefficient (Wildman–Crippen LogP) is 2.49. The molecule has 0 spiro atoms. The molecular formula is C19H23N3O. The van der Waals surface area contributed by atoms with Crippen molar-refractivity contribution >= 4 is 11.6 Å². The molecule has 0 saturated carbocycles. The normalized spacial score (nSPS) is 18.5. The van der Waals surface area contributed by atoms with Crippen LogP contribution in [-0.2, 0) is 11.3 Å². The van der Waals surface area contributed by atoms with E-state index in [9.17, 15) is 4.79 Å². The Morgan fingerprint density at radius 2 is 1.78 bits per heavy atom. The lowest BCUT2D eigenvalue weighted by molar-refractivity contribution is -0.116. The van der Waals surface area contributed by atoms with Crippen molar-refractivity contribution in [2.24, 2.45) is 0 Å². The molecule has 2 N–H and O–H groups in total. The maximum Gasteiger partial charge on any atom is 0.225 e. The summed E-state index contributed by atoms with van der Waals surface area (Å²) in [5, 5.41) is 6.41. The van der Waals surface area contributed by atoms with Gasteiger partial charge in [-0.3, -0.25) is 9.69 Å². The highest BCUT2D eigenvalue weighted by Crippen LogP contribution is 2.11. The van der Waals surface area contributed by atoms with Crippen molar-refractivity contribution in [3.05, 3.63) is 66.2 Å². The summed E-state index contributed by atoms with van der Waals surface area (Å²) >= 11 is 0. The van der Waals surface area contributed by atoms with Crippen LogP contribution in [0.2, 0.25) is 0 Å². The van der Waals surface area contributed by atoms with Gasteiger partial charge in [0.25, 0.3) is 0 Å². The van der Waals surface area contributed by atoms with Gasteiger partial charge in [0.05, 0.1) is 0 Å². The minimum atomic E-state index is 0.0651. The van der Waals surface area contributed by atoms with Crippen molar-refractivity contribution in [3.8, 4) is 0 Å². The maximum atomic E-state index is 12.2. The largest absolute Gasteiger partial charge is 0.326 e. The zero-order chi connectivity index (χ0) is 15.9. The topological polar surface area (TPSA) is 44.4 Å². The van der Waals surface area contributed by atoms with E-state index in [1.165, 1.54) is 5.56 Å². The molecule has 4 heteroatoms. The second-order valence-electron chi connectivity index (χ2n) is 5.99. The van der Waals surface area contributed by atoms with Gasteiger partial charge in [-0.05, 0) is 17.7 Å². The molecule has 0 aromatic heterocycles. The summed E-state index contributed by atoms with van der Waals surface area (Å²) in [5.74, 6) is 0.0651. The average molecular weight is 309 g/mol. The molecule has 1 unspecified atom stereocenters. The fourth-order valence-electron chi connectivity index (χ4n) is 2.97. The van der Waals surface area contributed by atoms with Crippen LogP contribution in [0.3, 0.4) is 0 Å². The molecule has 1 aliphatic rings. The van der Waals surface area contributed by atoms with E-state index in [1.54, 1.807) is 0 Å². The first-order valence-corrected chi connectivity index (χ1v) is 8.14. The highest BCUT2D eigenvalue weighted by atomic mass is 16.1. The fraction of sp³-hybridized carbons (Fsp3) is 0.316. The molecule has 2 aromatic rings. The van der Waals surface area contributed by atoms with Crippen LogP contribution >= 0.6 is 0 Å². The van der Waals surface area contributed by atoms with E-state index in [2.05, 4.69) is 39.8 Å². The first-order chi connectivity index (χ1) is 11.3. The molecule has 2 aromatic carbocycles. The number of carbonyl (C=O) groups excluding carboxylic acids is 1. The van der Waals surface area contributed by atoms with Gasteiger partial charge in [0.15, 0.2) is 0 Å². The van der Waals surface area contributed by atoms with Crippen molar-refractivity contribution in [3.63, 3.8) is 0 Å². The first-order valence-electron chi connectivity index (χ1n) is 8.14. The van der Waals surface area contributed by atoms with Crippen LogP contribution in [0.1, 0.15) is 12.0 Å². The Bertz CT molecular complexity index is 615. The van der Waals surface area contributed by atoms with Gasteiger partial charge >= 0.3 is 0 Å². The second-order valence-corrected chi connectivity index (χ2v) is 5.99. The number of amides is 1. The molecule has 1 amide bonds. The third-order valence-corrected chi connectivity index (χ3v) is 4.08. The van der Waals surface area contributed by atoms with E-state index in [4.69, 9.17) is 0 Å². The lowest BCUT2D eigenvalue weighted by Crippen LogP contribution is -2.51. The number of hydrogen-bond acceptors (Lipinski definition) is 3. The molecule has 120 valence electrons. The van der Waals surface area contributed by atoms with Crippen LogP contribution in [0.25, 0.3) is 0 Å². The number of piperazine rings is 1. The van der Waals surface area contributed by atoms with Crippen LogP contribution < -0.4 is 10.6 Å². The zero-order valence-electron chi connectivity index (χ0n) is 13.2. The molecular weight excluding hydrogens is 286 g/mol. The van der Waals surface area contributed by atoms with Crippen LogP contribution in [0.15, 0.2) is 60.7 Å². The van der Waals surface area contributed by atoms with E-state index < -0.39 is 0 Å². The quantitative estimate of drug-likeness (QED) is 0.892. The molecule has 0 bridgehead atoms. The SMILES string of the molecule is O=C(CC1CN(Cc2ccccc2)CCN1)Nc1ccccc1. The summed E-state index contributed by atoms with van der Waals surface area (Å²) in [7, 11) is 0. The van der Waals surface area contributed by atoms with Gasteiger partial charge in [0.1, 0.15) is 0 Å². The highest BCUT2D eigenvalue weighted by Gasteiger charge is 2.21. The lowest BCUT2D eigenvalue weighted by Gasteiger charge is -2.33. The van der Waals surface area contributed by atoms with Gasteiger partial charge < -0.3 is 10.6 Å². The smallest absolute Gasteiger partial charge is 0.225 e. The average Bonchev–Trinajstić information content (AvgIpc) is 2.57. The van der Waals surface area contributed by atoms with Crippen molar-refractivity contribution in [2.45, 2.75) is 19.0 Å². The minimum Gasteiger partial charge on any atom is -0.326 e. The Morgan fingerprint density at radius 1 is 1.09 bits per heavy atom. The van der Waals surface area contributed by atoms with Gasteiger partial charge in [0.2, 0.25) is 5.91 Å². The summed E-state index contributed by atoms with van der Waals surface area (Å²) in [6.45, 7) is 3.79. The third-order valence-electron chi connectivity index (χ3n) is 4.08. The molecule has 0 radical (unpaired) electrons. The molecule has 1 aliphatic heterocycles. The number of rotatable bonds is 5. The Balaban J connectivity index is 1.49. The van der Waals surface area contributed by atoms with E-state index in [0.717, 1.165) is 31.9 Å². The van der Waals surface area contributed by atoms with Crippen molar-refractivity contribution < 1.29 is 4.79 Å². The number of hydrogen-bond donors (Lipinski definition) is 2. The van der Waals surface area contributed by atoms with Crippen molar-refractivity contribution in [1.82, 2.24) is 10.2 Å². The number of nitrogens with zero attached hydrogens (tertiary/aromatic N) is 1. The summed E-state index contributed by atoms with van der Waals surface area (Å²) in [6.07, 6.45) is 0.500. The number of para-hydroxylation sites is 1. The molecule has 4 nitrogen and oxygen atoms in total. The Labute approximate surface area is 137 Å². The molecule has 1 atom stereocenters. The van der Waals surface area contributed by atoms with Gasteiger partial charge in [-0.15, -0.1) is 0 Å². The Kier molecular flexibility index (Phi) is 5.40. The van der Waals surface area contributed by atoms with Gasteiger partial charge in [-0.2, -0.15) is 0 Å². The number of carbonyl (C=O) groups is 1. The second kappa shape index (κ2) is 7.90. The van der Waals surface area contributed by atoms with E-state index in [0.29, 0.717) is 6.42 Å².